The maximum absolute atomic E-state index is 5.81. The van der Waals surface area contributed by atoms with E-state index in [0.717, 1.165) is 19.1 Å². The monoisotopic (exact) mass is 213 g/mol. The Bertz CT molecular complexity index is 200. The van der Waals surface area contributed by atoms with Crippen LogP contribution in [-0.2, 0) is 4.74 Å². The van der Waals surface area contributed by atoms with Crippen molar-refractivity contribution in [2.45, 2.75) is 59.6 Å². The molecule has 0 radical (unpaired) electrons. The third-order valence-electron chi connectivity index (χ3n) is 3.16. The Morgan fingerprint density at radius 1 is 1.13 bits per heavy atom. The lowest BCUT2D eigenvalue weighted by atomic mass is 9.79. The van der Waals surface area contributed by atoms with Crippen LogP contribution in [0, 0.1) is 11.3 Å². The van der Waals surface area contributed by atoms with Crippen LogP contribution in [0.3, 0.4) is 0 Å². The van der Waals surface area contributed by atoms with E-state index in [1.54, 1.807) is 0 Å². The summed E-state index contributed by atoms with van der Waals surface area (Å²) in [5.74, 6) is 0.783. The quantitative estimate of drug-likeness (QED) is 0.761. The Kier molecular flexibility index (Phi) is 3.83. The number of ether oxygens (including phenoxy) is 1. The fourth-order valence-corrected chi connectivity index (χ4v) is 1.96. The van der Waals surface area contributed by atoms with E-state index in [9.17, 15) is 0 Å². The van der Waals surface area contributed by atoms with Gasteiger partial charge in [0.25, 0.3) is 0 Å². The van der Waals surface area contributed by atoms with Crippen molar-refractivity contribution in [3.05, 3.63) is 0 Å². The summed E-state index contributed by atoms with van der Waals surface area (Å²) in [6.45, 7) is 15.3. The zero-order valence-corrected chi connectivity index (χ0v) is 11.2. The molecule has 0 aromatic heterocycles. The highest BCUT2D eigenvalue weighted by Crippen LogP contribution is 2.32. The molecule has 2 heteroatoms. The molecule has 1 N–H and O–H groups in total. The molecule has 90 valence electrons. The van der Waals surface area contributed by atoms with E-state index in [-0.39, 0.29) is 5.60 Å². The normalized spacial score (nSPS) is 28.4. The molecule has 0 saturated carbocycles. The second-order valence-corrected chi connectivity index (χ2v) is 6.83. The third-order valence-corrected chi connectivity index (χ3v) is 3.16. The van der Waals surface area contributed by atoms with E-state index in [1.165, 1.54) is 6.42 Å². The van der Waals surface area contributed by atoms with E-state index in [2.05, 4.69) is 46.9 Å². The van der Waals surface area contributed by atoms with E-state index < -0.39 is 0 Å². The first-order chi connectivity index (χ1) is 6.68. The van der Waals surface area contributed by atoms with Crippen molar-refractivity contribution >= 4 is 0 Å². The van der Waals surface area contributed by atoms with Gasteiger partial charge < -0.3 is 10.1 Å². The minimum atomic E-state index is -0.0124. The van der Waals surface area contributed by atoms with E-state index in [1.807, 2.05) is 0 Å². The Hall–Kier alpha value is -0.0800. The van der Waals surface area contributed by atoms with Crippen molar-refractivity contribution in [1.82, 2.24) is 5.32 Å². The van der Waals surface area contributed by atoms with Crippen molar-refractivity contribution in [1.29, 1.82) is 0 Å². The van der Waals surface area contributed by atoms with Gasteiger partial charge in [-0.05, 0) is 45.1 Å². The van der Waals surface area contributed by atoms with Crippen LogP contribution < -0.4 is 5.32 Å². The molecule has 1 rings (SSSR count). The Morgan fingerprint density at radius 2 is 1.73 bits per heavy atom. The number of rotatable bonds is 2. The van der Waals surface area contributed by atoms with Gasteiger partial charge in [-0.2, -0.15) is 0 Å². The van der Waals surface area contributed by atoms with Gasteiger partial charge >= 0.3 is 0 Å². The summed E-state index contributed by atoms with van der Waals surface area (Å²) in [5, 5.41) is 3.56. The average Bonchev–Trinajstić information content (AvgIpc) is 2.45. The SMILES string of the molecule is CC(C)(C)OCC1CC(C(C)(C)C)CN1. The van der Waals surface area contributed by atoms with Crippen LogP contribution in [0.1, 0.15) is 48.0 Å². The molecule has 1 aliphatic heterocycles. The van der Waals surface area contributed by atoms with Crippen LogP contribution in [0.4, 0.5) is 0 Å². The van der Waals surface area contributed by atoms with Gasteiger partial charge in [-0.3, -0.25) is 0 Å². The Labute approximate surface area is 94.8 Å². The van der Waals surface area contributed by atoms with Crippen LogP contribution in [0.5, 0.6) is 0 Å². The smallest absolute Gasteiger partial charge is 0.0626 e. The zero-order valence-electron chi connectivity index (χ0n) is 11.2. The van der Waals surface area contributed by atoms with Crippen molar-refractivity contribution < 1.29 is 4.74 Å². The second kappa shape index (κ2) is 4.42. The first-order valence-electron chi connectivity index (χ1n) is 6.06. The average molecular weight is 213 g/mol. The van der Waals surface area contributed by atoms with Gasteiger partial charge in [0.15, 0.2) is 0 Å². The number of hydrogen-bond donors (Lipinski definition) is 1. The van der Waals surface area contributed by atoms with Gasteiger partial charge in [0, 0.05) is 6.04 Å². The fourth-order valence-electron chi connectivity index (χ4n) is 1.96. The molecule has 0 aromatic carbocycles. The highest BCUT2D eigenvalue weighted by atomic mass is 16.5. The summed E-state index contributed by atoms with van der Waals surface area (Å²) in [6, 6.07) is 0.549. The lowest BCUT2D eigenvalue weighted by Gasteiger charge is -2.26. The molecule has 2 nitrogen and oxygen atoms in total. The molecule has 0 aliphatic carbocycles. The molecule has 0 aromatic rings. The van der Waals surface area contributed by atoms with Crippen molar-refractivity contribution in [3.63, 3.8) is 0 Å². The van der Waals surface area contributed by atoms with Gasteiger partial charge in [-0.25, -0.2) is 0 Å². The molecule has 2 atom stereocenters. The van der Waals surface area contributed by atoms with Gasteiger partial charge in [0.05, 0.1) is 12.2 Å². The molecule has 0 amide bonds. The molecule has 1 heterocycles. The fraction of sp³-hybridized carbons (Fsp3) is 1.00. The summed E-state index contributed by atoms with van der Waals surface area (Å²) in [5.41, 5.74) is 0.408. The summed E-state index contributed by atoms with van der Waals surface area (Å²) >= 11 is 0. The molecule has 0 spiro atoms. The van der Waals surface area contributed by atoms with Crippen molar-refractivity contribution in [2.24, 2.45) is 11.3 Å². The molecule has 2 unspecified atom stereocenters. The molecule has 1 saturated heterocycles. The standard InChI is InChI=1S/C13H27NO/c1-12(2,3)10-7-11(14-8-10)9-15-13(4,5)6/h10-11,14H,7-9H2,1-6H3. The van der Waals surface area contributed by atoms with Gasteiger partial charge in [0.2, 0.25) is 0 Å². The van der Waals surface area contributed by atoms with Gasteiger partial charge in [-0.1, -0.05) is 20.8 Å². The maximum Gasteiger partial charge on any atom is 0.0626 e. The maximum atomic E-state index is 5.81. The van der Waals surface area contributed by atoms with Gasteiger partial charge in [-0.15, -0.1) is 0 Å². The van der Waals surface area contributed by atoms with Crippen LogP contribution >= 0.6 is 0 Å². The Balaban J connectivity index is 2.31. The Morgan fingerprint density at radius 3 is 2.13 bits per heavy atom. The van der Waals surface area contributed by atoms with Crippen LogP contribution in [-0.4, -0.2) is 24.8 Å². The molecule has 1 aliphatic rings. The van der Waals surface area contributed by atoms with E-state index in [4.69, 9.17) is 4.74 Å². The lowest BCUT2D eigenvalue weighted by Crippen LogP contribution is -2.31. The second-order valence-electron chi connectivity index (χ2n) is 6.83. The molecule has 0 bridgehead atoms. The first kappa shape index (κ1) is 13.0. The minimum Gasteiger partial charge on any atom is -0.374 e. The third kappa shape index (κ3) is 4.52. The van der Waals surface area contributed by atoms with Crippen LogP contribution in [0.2, 0.25) is 0 Å². The zero-order chi connectivity index (χ0) is 11.7. The molecular weight excluding hydrogens is 186 g/mol. The van der Waals surface area contributed by atoms with Crippen molar-refractivity contribution in [2.75, 3.05) is 13.2 Å². The number of nitrogens with one attached hydrogen (secondary N) is 1. The van der Waals surface area contributed by atoms with Crippen molar-refractivity contribution in [3.8, 4) is 0 Å². The summed E-state index contributed by atoms with van der Waals surface area (Å²) in [4.78, 5) is 0. The topological polar surface area (TPSA) is 21.3 Å². The predicted octanol–water partition coefficient (Wildman–Crippen LogP) is 2.83. The highest BCUT2D eigenvalue weighted by Gasteiger charge is 2.33. The summed E-state index contributed by atoms with van der Waals surface area (Å²) in [6.07, 6.45) is 1.25. The summed E-state index contributed by atoms with van der Waals surface area (Å²) in [7, 11) is 0. The van der Waals surface area contributed by atoms with E-state index in [0.29, 0.717) is 11.5 Å². The predicted molar refractivity (Wildman–Crippen MR) is 65.1 cm³/mol. The summed E-state index contributed by atoms with van der Waals surface area (Å²) < 4.78 is 5.81. The highest BCUT2D eigenvalue weighted by molar-refractivity contribution is 4.88. The first-order valence-corrected chi connectivity index (χ1v) is 6.06. The minimum absolute atomic E-state index is 0.0124. The number of hydrogen-bond acceptors (Lipinski definition) is 2. The molecule has 15 heavy (non-hydrogen) atoms. The van der Waals surface area contributed by atoms with Crippen LogP contribution in [0.25, 0.3) is 0 Å². The van der Waals surface area contributed by atoms with Gasteiger partial charge in [0.1, 0.15) is 0 Å². The largest absolute Gasteiger partial charge is 0.374 e. The molecule has 1 fully saturated rings. The van der Waals surface area contributed by atoms with Crippen LogP contribution in [0.15, 0.2) is 0 Å². The molecular formula is C13H27NO. The lowest BCUT2D eigenvalue weighted by molar-refractivity contribution is -0.0130. The van der Waals surface area contributed by atoms with E-state index >= 15 is 0 Å².